The molecule has 0 aliphatic heterocycles. The number of ether oxygens (including phenoxy) is 3. The van der Waals surface area contributed by atoms with Crippen molar-refractivity contribution < 1.29 is 22.6 Å². The van der Waals surface area contributed by atoms with Crippen LogP contribution in [0.2, 0.25) is 0 Å². The van der Waals surface area contributed by atoms with Gasteiger partial charge in [0.25, 0.3) is 0 Å². The fourth-order valence-corrected chi connectivity index (χ4v) is 4.96. The topological polar surface area (TPSA) is 86.8 Å². The lowest BCUT2D eigenvalue weighted by molar-refractivity contribution is 0.356. The van der Waals surface area contributed by atoms with Gasteiger partial charge in [-0.25, -0.2) is 8.42 Å². The first-order valence-electron chi connectivity index (χ1n) is 10.2. The maximum Gasteiger partial charge on any atom is 0.210 e. The Kier molecular flexibility index (Phi) is 6.37. The summed E-state index contributed by atoms with van der Waals surface area (Å²) >= 11 is 0. The third kappa shape index (κ3) is 4.42. The van der Waals surface area contributed by atoms with Crippen molar-refractivity contribution in [2.45, 2.75) is 16.3 Å². The molecule has 1 N–H and O–H groups in total. The second kappa shape index (κ2) is 9.38. The molecule has 0 saturated carbocycles. The number of sulfone groups is 1. The molecule has 3 aromatic carbocycles. The zero-order valence-corrected chi connectivity index (χ0v) is 19.3. The standard InChI is InChI=1S/C25H24N2O5S/c1-30-18-11-9-17(10-12-18)15-27-25-20-13-22(31-2)23(32-3)14-21(20)26-16-24(25)33(28,29)19-7-5-4-6-8-19/h4-14,16H,15H2,1-3H3,(H,26,27). The average Bonchev–Trinajstić information content (AvgIpc) is 2.86. The lowest BCUT2D eigenvalue weighted by Crippen LogP contribution is -2.10. The zero-order valence-electron chi connectivity index (χ0n) is 18.5. The van der Waals surface area contributed by atoms with Gasteiger partial charge < -0.3 is 19.5 Å². The number of rotatable bonds is 8. The Hall–Kier alpha value is -3.78. The molecule has 33 heavy (non-hydrogen) atoms. The van der Waals surface area contributed by atoms with Crippen LogP contribution in [0.1, 0.15) is 5.56 Å². The Morgan fingerprint density at radius 2 is 1.52 bits per heavy atom. The molecular weight excluding hydrogens is 440 g/mol. The molecule has 0 aliphatic rings. The normalized spacial score (nSPS) is 11.2. The van der Waals surface area contributed by atoms with Gasteiger partial charge in [-0.1, -0.05) is 30.3 Å². The predicted molar refractivity (Wildman–Crippen MR) is 127 cm³/mol. The number of benzene rings is 3. The smallest absolute Gasteiger partial charge is 0.210 e. The molecule has 1 aromatic heterocycles. The monoisotopic (exact) mass is 464 g/mol. The molecule has 4 rings (SSSR count). The molecule has 1 heterocycles. The van der Waals surface area contributed by atoms with E-state index in [2.05, 4.69) is 10.3 Å². The second-order valence-electron chi connectivity index (χ2n) is 7.24. The molecule has 170 valence electrons. The van der Waals surface area contributed by atoms with Crippen molar-refractivity contribution in [3.63, 3.8) is 0 Å². The Morgan fingerprint density at radius 3 is 2.15 bits per heavy atom. The van der Waals surface area contributed by atoms with Crippen molar-refractivity contribution in [1.29, 1.82) is 0 Å². The van der Waals surface area contributed by atoms with E-state index >= 15 is 0 Å². The van der Waals surface area contributed by atoms with Gasteiger partial charge in [-0.3, -0.25) is 4.98 Å². The highest BCUT2D eigenvalue weighted by atomic mass is 32.2. The van der Waals surface area contributed by atoms with E-state index in [0.717, 1.165) is 11.3 Å². The van der Waals surface area contributed by atoms with Crippen LogP contribution in [-0.2, 0) is 16.4 Å². The number of aromatic nitrogens is 1. The van der Waals surface area contributed by atoms with Crippen LogP contribution in [0.3, 0.4) is 0 Å². The lowest BCUT2D eigenvalue weighted by Gasteiger charge is -2.17. The Labute approximate surface area is 192 Å². The van der Waals surface area contributed by atoms with Crippen LogP contribution in [-0.4, -0.2) is 34.7 Å². The highest BCUT2D eigenvalue weighted by Crippen LogP contribution is 2.38. The molecule has 0 saturated heterocycles. The summed E-state index contributed by atoms with van der Waals surface area (Å²) in [6.45, 7) is 0.398. The van der Waals surface area contributed by atoms with Gasteiger partial charge >= 0.3 is 0 Å². The van der Waals surface area contributed by atoms with Gasteiger partial charge in [0.2, 0.25) is 9.84 Å². The van der Waals surface area contributed by atoms with Gasteiger partial charge in [-0.2, -0.15) is 0 Å². The fraction of sp³-hybridized carbons (Fsp3) is 0.160. The lowest BCUT2D eigenvalue weighted by atomic mass is 10.1. The number of methoxy groups -OCH3 is 3. The molecule has 0 bridgehead atoms. The molecule has 0 amide bonds. The molecule has 4 aromatic rings. The predicted octanol–water partition coefficient (Wildman–Crippen LogP) is 4.71. The molecule has 0 unspecified atom stereocenters. The Balaban J connectivity index is 1.87. The number of nitrogens with zero attached hydrogens (tertiary/aromatic N) is 1. The van der Waals surface area contributed by atoms with Crippen molar-refractivity contribution in [2.75, 3.05) is 26.6 Å². The summed E-state index contributed by atoms with van der Waals surface area (Å²) < 4.78 is 43.1. The summed E-state index contributed by atoms with van der Waals surface area (Å²) in [5.74, 6) is 1.74. The van der Waals surface area contributed by atoms with Gasteiger partial charge in [-0.05, 0) is 35.9 Å². The van der Waals surface area contributed by atoms with Gasteiger partial charge in [0.1, 0.15) is 10.6 Å². The van der Waals surface area contributed by atoms with Crippen LogP contribution in [0.25, 0.3) is 10.9 Å². The minimum absolute atomic E-state index is 0.0851. The number of fused-ring (bicyclic) bond motifs is 1. The van der Waals surface area contributed by atoms with Gasteiger partial charge in [0.15, 0.2) is 11.5 Å². The van der Waals surface area contributed by atoms with E-state index in [1.807, 2.05) is 24.3 Å². The second-order valence-corrected chi connectivity index (χ2v) is 9.16. The van der Waals surface area contributed by atoms with E-state index in [1.54, 1.807) is 56.7 Å². The maximum atomic E-state index is 13.5. The first-order valence-corrected chi connectivity index (χ1v) is 11.7. The number of hydrogen-bond acceptors (Lipinski definition) is 7. The van der Waals surface area contributed by atoms with Crippen molar-refractivity contribution in [3.8, 4) is 17.2 Å². The number of hydrogen-bond donors (Lipinski definition) is 1. The van der Waals surface area contributed by atoms with Crippen LogP contribution >= 0.6 is 0 Å². The molecule has 0 fully saturated rings. The van der Waals surface area contributed by atoms with E-state index in [-0.39, 0.29) is 9.79 Å². The SMILES string of the molecule is COc1ccc(CNc2c(S(=O)(=O)c3ccccc3)cnc3cc(OC)c(OC)cc23)cc1. The Morgan fingerprint density at radius 1 is 0.848 bits per heavy atom. The molecule has 0 spiro atoms. The van der Waals surface area contributed by atoms with E-state index in [1.165, 1.54) is 13.3 Å². The highest BCUT2D eigenvalue weighted by Gasteiger charge is 2.24. The van der Waals surface area contributed by atoms with Crippen molar-refractivity contribution >= 4 is 26.4 Å². The first-order chi connectivity index (χ1) is 16.0. The molecule has 7 nitrogen and oxygen atoms in total. The van der Waals surface area contributed by atoms with E-state index in [9.17, 15) is 8.42 Å². The molecule has 0 aliphatic carbocycles. The molecular formula is C25H24N2O5S. The number of pyridine rings is 1. The van der Waals surface area contributed by atoms with Gasteiger partial charge in [0, 0.05) is 24.2 Å². The maximum absolute atomic E-state index is 13.5. The van der Waals surface area contributed by atoms with Crippen molar-refractivity contribution in [3.05, 3.63) is 78.5 Å². The van der Waals surface area contributed by atoms with Crippen LogP contribution < -0.4 is 19.5 Å². The summed E-state index contributed by atoms with van der Waals surface area (Å²) in [5.41, 5.74) is 1.99. The van der Waals surface area contributed by atoms with Crippen LogP contribution in [0.15, 0.2) is 82.7 Å². The molecule has 0 atom stereocenters. The Bertz CT molecular complexity index is 1370. The summed E-state index contributed by atoms with van der Waals surface area (Å²) in [6.07, 6.45) is 1.38. The number of nitrogens with one attached hydrogen (secondary N) is 1. The zero-order chi connectivity index (χ0) is 23.4. The average molecular weight is 465 g/mol. The first kappa shape index (κ1) is 22.4. The quantitative estimate of drug-likeness (QED) is 0.404. The highest BCUT2D eigenvalue weighted by molar-refractivity contribution is 7.91. The van der Waals surface area contributed by atoms with Crippen LogP contribution in [0, 0.1) is 0 Å². The third-order valence-electron chi connectivity index (χ3n) is 5.31. The van der Waals surface area contributed by atoms with E-state index in [4.69, 9.17) is 14.2 Å². The van der Waals surface area contributed by atoms with E-state index in [0.29, 0.717) is 34.6 Å². The van der Waals surface area contributed by atoms with Crippen LogP contribution in [0.5, 0.6) is 17.2 Å². The minimum Gasteiger partial charge on any atom is -0.497 e. The minimum atomic E-state index is -3.83. The molecule has 0 radical (unpaired) electrons. The fourth-order valence-electron chi connectivity index (χ4n) is 3.55. The van der Waals surface area contributed by atoms with E-state index < -0.39 is 9.84 Å². The van der Waals surface area contributed by atoms with Crippen LogP contribution in [0.4, 0.5) is 5.69 Å². The summed E-state index contributed by atoms with van der Waals surface area (Å²) in [7, 11) is 0.858. The summed E-state index contributed by atoms with van der Waals surface area (Å²) in [4.78, 5) is 4.70. The van der Waals surface area contributed by atoms with Crippen molar-refractivity contribution in [2.24, 2.45) is 0 Å². The molecule has 8 heteroatoms. The largest absolute Gasteiger partial charge is 0.497 e. The van der Waals surface area contributed by atoms with Gasteiger partial charge in [0.05, 0.1) is 37.4 Å². The van der Waals surface area contributed by atoms with Crippen molar-refractivity contribution in [1.82, 2.24) is 4.98 Å². The van der Waals surface area contributed by atoms with Gasteiger partial charge in [-0.15, -0.1) is 0 Å². The summed E-state index contributed by atoms with van der Waals surface area (Å²) in [6, 6.07) is 19.3. The number of anilines is 1. The summed E-state index contributed by atoms with van der Waals surface area (Å²) in [5, 5.41) is 3.93. The third-order valence-corrected chi connectivity index (χ3v) is 7.09.